The lowest BCUT2D eigenvalue weighted by molar-refractivity contribution is 0.104. The van der Waals surface area contributed by atoms with Crippen molar-refractivity contribution < 1.29 is 14.3 Å². The van der Waals surface area contributed by atoms with E-state index in [1.165, 1.54) is 5.56 Å². The third-order valence-corrected chi connectivity index (χ3v) is 3.71. The number of carbonyl (C=O) groups is 1. The first-order chi connectivity index (χ1) is 11.0. The number of hydrogen-bond donors (Lipinski definition) is 0. The van der Waals surface area contributed by atoms with Crippen LogP contribution in [0.3, 0.4) is 0 Å². The van der Waals surface area contributed by atoms with E-state index in [0.29, 0.717) is 23.7 Å². The third kappa shape index (κ3) is 4.22. The Morgan fingerprint density at radius 3 is 2.48 bits per heavy atom. The van der Waals surface area contributed by atoms with Gasteiger partial charge in [-0.25, -0.2) is 0 Å². The summed E-state index contributed by atoms with van der Waals surface area (Å²) in [5.41, 5.74) is 3.89. The molecule has 0 fully saturated rings. The number of ketones is 1. The zero-order valence-electron chi connectivity index (χ0n) is 14.1. The van der Waals surface area contributed by atoms with Crippen molar-refractivity contribution in [3.8, 4) is 11.5 Å². The monoisotopic (exact) mass is 310 g/mol. The Balaban J connectivity index is 2.20. The fourth-order valence-electron chi connectivity index (χ4n) is 2.23. The summed E-state index contributed by atoms with van der Waals surface area (Å²) in [6, 6.07) is 11.3. The molecule has 0 saturated heterocycles. The number of ether oxygens (including phenoxy) is 2. The molecule has 0 aliphatic rings. The molecular weight excluding hydrogens is 288 g/mol. The van der Waals surface area contributed by atoms with Crippen molar-refractivity contribution in [3.05, 3.63) is 64.7 Å². The van der Waals surface area contributed by atoms with Gasteiger partial charge in [0, 0.05) is 5.56 Å². The van der Waals surface area contributed by atoms with Gasteiger partial charge in [0.2, 0.25) is 0 Å². The average molecular weight is 310 g/mol. The lowest BCUT2D eigenvalue weighted by atomic mass is 10.0. The summed E-state index contributed by atoms with van der Waals surface area (Å²) in [7, 11) is 1.61. The second kappa shape index (κ2) is 7.63. The van der Waals surface area contributed by atoms with Crippen molar-refractivity contribution in [3.63, 3.8) is 0 Å². The van der Waals surface area contributed by atoms with E-state index in [2.05, 4.69) is 0 Å². The van der Waals surface area contributed by atoms with E-state index in [1.54, 1.807) is 19.3 Å². The van der Waals surface area contributed by atoms with Gasteiger partial charge in [0.15, 0.2) is 17.3 Å². The first-order valence-corrected chi connectivity index (χ1v) is 7.65. The second-order valence-electron chi connectivity index (χ2n) is 5.34. The molecule has 0 saturated carbocycles. The molecule has 3 heteroatoms. The summed E-state index contributed by atoms with van der Waals surface area (Å²) in [5, 5.41) is 0. The Kier molecular flexibility index (Phi) is 5.58. The molecule has 0 spiro atoms. The van der Waals surface area contributed by atoms with Gasteiger partial charge in [-0.15, -0.1) is 0 Å². The second-order valence-corrected chi connectivity index (χ2v) is 5.34. The maximum atomic E-state index is 12.3. The van der Waals surface area contributed by atoms with Gasteiger partial charge in [-0.1, -0.05) is 24.3 Å². The first kappa shape index (κ1) is 16.8. The molecule has 2 rings (SSSR count). The van der Waals surface area contributed by atoms with Crippen molar-refractivity contribution in [1.29, 1.82) is 0 Å². The molecule has 0 amide bonds. The normalized spacial score (nSPS) is 10.8. The highest BCUT2D eigenvalue weighted by atomic mass is 16.5. The van der Waals surface area contributed by atoms with Crippen molar-refractivity contribution in [2.45, 2.75) is 20.8 Å². The van der Waals surface area contributed by atoms with Gasteiger partial charge in [-0.05, 0) is 61.7 Å². The van der Waals surface area contributed by atoms with Gasteiger partial charge in [0.05, 0.1) is 13.7 Å². The number of carbonyl (C=O) groups excluding carboxylic acids is 1. The standard InChI is InChI=1S/C20H22O3/c1-5-23-20-13-16(8-11-19(20)22-4)7-10-18(21)17-9-6-14(2)15(3)12-17/h6-13H,5H2,1-4H3/b10-7+. The van der Waals surface area contributed by atoms with Gasteiger partial charge in [0.1, 0.15) is 0 Å². The summed E-state index contributed by atoms with van der Waals surface area (Å²) in [6.07, 6.45) is 3.38. The highest BCUT2D eigenvalue weighted by Crippen LogP contribution is 2.28. The van der Waals surface area contributed by atoms with Gasteiger partial charge in [-0.3, -0.25) is 4.79 Å². The summed E-state index contributed by atoms with van der Waals surface area (Å²) >= 11 is 0. The van der Waals surface area contributed by atoms with Crippen LogP contribution in [0.15, 0.2) is 42.5 Å². The highest BCUT2D eigenvalue weighted by molar-refractivity contribution is 6.07. The van der Waals surface area contributed by atoms with Crippen LogP contribution >= 0.6 is 0 Å². The number of rotatable bonds is 6. The Hall–Kier alpha value is -2.55. The average Bonchev–Trinajstić information content (AvgIpc) is 2.55. The molecule has 0 aliphatic carbocycles. The quantitative estimate of drug-likeness (QED) is 0.577. The fraction of sp³-hybridized carbons (Fsp3) is 0.250. The zero-order valence-corrected chi connectivity index (χ0v) is 14.1. The minimum Gasteiger partial charge on any atom is -0.493 e. The molecule has 0 aromatic heterocycles. The first-order valence-electron chi connectivity index (χ1n) is 7.65. The number of benzene rings is 2. The smallest absolute Gasteiger partial charge is 0.185 e. The van der Waals surface area contributed by atoms with Crippen LogP contribution in [0, 0.1) is 13.8 Å². The van der Waals surface area contributed by atoms with E-state index >= 15 is 0 Å². The molecule has 0 bridgehead atoms. The minimum absolute atomic E-state index is 0.0122. The van der Waals surface area contributed by atoms with Crippen LogP contribution in [-0.4, -0.2) is 19.5 Å². The lowest BCUT2D eigenvalue weighted by Crippen LogP contribution is -1.97. The van der Waals surface area contributed by atoms with Crippen molar-refractivity contribution in [2.75, 3.05) is 13.7 Å². The summed E-state index contributed by atoms with van der Waals surface area (Å²) in [6.45, 7) is 6.52. The van der Waals surface area contributed by atoms with Crippen LogP contribution < -0.4 is 9.47 Å². The Bertz CT molecular complexity index is 730. The molecule has 0 unspecified atom stereocenters. The molecule has 0 atom stereocenters. The number of hydrogen-bond acceptors (Lipinski definition) is 3. The topological polar surface area (TPSA) is 35.5 Å². The van der Waals surface area contributed by atoms with Crippen molar-refractivity contribution in [2.24, 2.45) is 0 Å². The molecular formula is C20H22O3. The van der Waals surface area contributed by atoms with E-state index in [9.17, 15) is 4.79 Å². The largest absolute Gasteiger partial charge is 0.493 e. The third-order valence-electron chi connectivity index (χ3n) is 3.71. The Labute approximate surface area is 137 Å². The van der Waals surface area contributed by atoms with Gasteiger partial charge >= 0.3 is 0 Å². The maximum Gasteiger partial charge on any atom is 0.185 e. The van der Waals surface area contributed by atoms with Crippen LogP contribution in [0.25, 0.3) is 6.08 Å². The molecule has 120 valence electrons. The van der Waals surface area contributed by atoms with Crippen LogP contribution in [0.2, 0.25) is 0 Å². The molecule has 23 heavy (non-hydrogen) atoms. The molecule has 2 aromatic rings. The van der Waals surface area contributed by atoms with Crippen molar-refractivity contribution in [1.82, 2.24) is 0 Å². The SMILES string of the molecule is CCOc1cc(/C=C/C(=O)c2ccc(C)c(C)c2)ccc1OC. The Morgan fingerprint density at radius 2 is 1.83 bits per heavy atom. The zero-order chi connectivity index (χ0) is 16.8. The van der Waals surface area contributed by atoms with Crippen LogP contribution in [0.5, 0.6) is 11.5 Å². The molecule has 3 nitrogen and oxygen atoms in total. The predicted octanol–water partition coefficient (Wildman–Crippen LogP) is 4.61. The van der Waals surface area contributed by atoms with Crippen LogP contribution in [-0.2, 0) is 0 Å². The molecule has 0 radical (unpaired) electrons. The molecule has 2 aromatic carbocycles. The predicted molar refractivity (Wildman–Crippen MR) is 93.4 cm³/mol. The number of allylic oxidation sites excluding steroid dienone is 1. The lowest BCUT2D eigenvalue weighted by Gasteiger charge is -2.09. The van der Waals surface area contributed by atoms with E-state index in [0.717, 1.165) is 11.1 Å². The summed E-state index contributed by atoms with van der Waals surface area (Å²) in [5.74, 6) is 1.35. The molecule has 0 N–H and O–H groups in total. The molecule has 0 aliphatic heterocycles. The van der Waals surface area contributed by atoms with Crippen LogP contribution in [0.1, 0.15) is 34.0 Å². The minimum atomic E-state index is -0.0122. The number of aryl methyl sites for hydroxylation is 2. The van der Waals surface area contributed by atoms with E-state index in [4.69, 9.17) is 9.47 Å². The highest BCUT2D eigenvalue weighted by Gasteiger charge is 2.06. The van der Waals surface area contributed by atoms with E-state index < -0.39 is 0 Å². The fourth-order valence-corrected chi connectivity index (χ4v) is 2.23. The van der Waals surface area contributed by atoms with Gasteiger partial charge < -0.3 is 9.47 Å². The maximum absolute atomic E-state index is 12.3. The Morgan fingerprint density at radius 1 is 1.04 bits per heavy atom. The van der Waals surface area contributed by atoms with Gasteiger partial charge in [-0.2, -0.15) is 0 Å². The summed E-state index contributed by atoms with van der Waals surface area (Å²) < 4.78 is 10.8. The van der Waals surface area contributed by atoms with Crippen molar-refractivity contribution >= 4 is 11.9 Å². The number of methoxy groups -OCH3 is 1. The van der Waals surface area contributed by atoms with E-state index in [1.807, 2.05) is 57.2 Å². The molecule has 0 heterocycles. The summed E-state index contributed by atoms with van der Waals surface area (Å²) in [4.78, 5) is 12.3. The van der Waals surface area contributed by atoms with Crippen LogP contribution in [0.4, 0.5) is 0 Å². The van der Waals surface area contributed by atoms with Gasteiger partial charge in [0.25, 0.3) is 0 Å². The van der Waals surface area contributed by atoms with E-state index in [-0.39, 0.29) is 5.78 Å².